The molecule has 4 nitrogen and oxygen atoms in total. The fourth-order valence-electron chi connectivity index (χ4n) is 2.63. The number of carbonyl (C=O) groups excluding carboxylic acids is 1. The number of carbonyl (C=O) groups is 1. The van der Waals surface area contributed by atoms with Crippen molar-refractivity contribution in [3.05, 3.63) is 46.0 Å². The molecule has 3 rings (SSSR count). The summed E-state index contributed by atoms with van der Waals surface area (Å²) in [6.07, 6.45) is 2.03. The third-order valence-electron chi connectivity index (χ3n) is 3.65. The van der Waals surface area contributed by atoms with Crippen LogP contribution in [0.3, 0.4) is 0 Å². The molecule has 104 valence electrons. The number of hydrogen-bond acceptors (Lipinski definition) is 4. The lowest BCUT2D eigenvalue weighted by molar-refractivity contribution is 0.0750. The second-order valence-corrected chi connectivity index (χ2v) is 6.10. The molecule has 2 aromatic rings. The average molecular weight is 287 g/mol. The molecule has 0 radical (unpaired) electrons. The Kier molecular flexibility index (Phi) is 3.44. The molecule has 1 amide bonds. The Bertz CT molecular complexity index is 650. The van der Waals surface area contributed by atoms with Crippen LogP contribution in [0.4, 0.5) is 5.13 Å². The molecule has 0 atom stereocenters. The van der Waals surface area contributed by atoms with Crippen LogP contribution in [0.15, 0.2) is 24.3 Å². The summed E-state index contributed by atoms with van der Waals surface area (Å²) < 4.78 is 0. The van der Waals surface area contributed by atoms with Crippen LogP contribution in [0.5, 0.6) is 0 Å². The monoisotopic (exact) mass is 287 g/mol. The van der Waals surface area contributed by atoms with Crippen molar-refractivity contribution in [2.45, 2.75) is 26.3 Å². The largest absolute Gasteiger partial charge is 0.375 e. The van der Waals surface area contributed by atoms with Gasteiger partial charge in [0.25, 0.3) is 5.91 Å². The van der Waals surface area contributed by atoms with E-state index in [-0.39, 0.29) is 5.91 Å². The van der Waals surface area contributed by atoms with E-state index in [1.807, 2.05) is 17.9 Å². The van der Waals surface area contributed by atoms with Gasteiger partial charge in [0.05, 0.1) is 5.69 Å². The minimum absolute atomic E-state index is 0.0494. The lowest BCUT2D eigenvalue weighted by Crippen LogP contribution is -2.30. The van der Waals surface area contributed by atoms with E-state index in [0.29, 0.717) is 16.6 Å². The molecule has 2 heterocycles. The summed E-state index contributed by atoms with van der Waals surface area (Å²) in [5, 5.41) is 0.459. The third kappa shape index (κ3) is 2.41. The molecule has 0 saturated heterocycles. The van der Waals surface area contributed by atoms with Crippen molar-refractivity contribution in [3.8, 4) is 0 Å². The van der Waals surface area contributed by atoms with E-state index >= 15 is 0 Å². The van der Waals surface area contributed by atoms with Crippen molar-refractivity contribution < 1.29 is 4.79 Å². The lowest BCUT2D eigenvalue weighted by atomic mass is 10.0. The molecule has 1 aromatic carbocycles. The van der Waals surface area contributed by atoms with Crippen LogP contribution in [0.1, 0.15) is 32.9 Å². The van der Waals surface area contributed by atoms with E-state index in [9.17, 15) is 4.79 Å². The summed E-state index contributed by atoms with van der Waals surface area (Å²) in [6.45, 7) is 3.29. The Morgan fingerprint density at radius 2 is 2.10 bits per heavy atom. The van der Waals surface area contributed by atoms with E-state index in [1.165, 1.54) is 22.5 Å². The van der Waals surface area contributed by atoms with Crippen LogP contribution in [0.25, 0.3) is 0 Å². The molecule has 0 aliphatic carbocycles. The standard InChI is InChI=1S/C15H17N3OS/c1-10-13(20-15(16)17-10)14(19)18-8-4-7-11-5-2-3-6-12(11)9-18/h2-3,5-6H,4,7-9H2,1H3,(H2,16,17). The van der Waals surface area contributed by atoms with E-state index in [2.05, 4.69) is 23.2 Å². The lowest BCUT2D eigenvalue weighted by Gasteiger charge is -2.20. The van der Waals surface area contributed by atoms with Crippen molar-refractivity contribution in [3.63, 3.8) is 0 Å². The van der Waals surface area contributed by atoms with Crippen molar-refractivity contribution in [2.24, 2.45) is 0 Å². The number of amides is 1. The summed E-state index contributed by atoms with van der Waals surface area (Å²) in [7, 11) is 0. The Hall–Kier alpha value is -1.88. The highest BCUT2D eigenvalue weighted by molar-refractivity contribution is 7.17. The van der Waals surface area contributed by atoms with E-state index < -0.39 is 0 Å². The maximum Gasteiger partial charge on any atom is 0.266 e. The normalized spacial score (nSPS) is 14.8. The van der Waals surface area contributed by atoms with Gasteiger partial charge in [0.1, 0.15) is 4.88 Å². The zero-order valence-electron chi connectivity index (χ0n) is 11.4. The van der Waals surface area contributed by atoms with Crippen molar-refractivity contribution in [1.82, 2.24) is 9.88 Å². The Morgan fingerprint density at radius 3 is 2.80 bits per heavy atom. The average Bonchev–Trinajstić information content (AvgIpc) is 2.65. The minimum Gasteiger partial charge on any atom is -0.375 e. The van der Waals surface area contributed by atoms with Crippen LogP contribution >= 0.6 is 11.3 Å². The summed E-state index contributed by atoms with van der Waals surface area (Å²) in [5.74, 6) is 0.0494. The maximum atomic E-state index is 12.6. The molecule has 1 aliphatic rings. The summed E-state index contributed by atoms with van der Waals surface area (Å²) in [5.41, 5.74) is 9.02. The number of rotatable bonds is 1. The second-order valence-electron chi connectivity index (χ2n) is 5.07. The maximum absolute atomic E-state index is 12.6. The van der Waals surface area contributed by atoms with Crippen molar-refractivity contribution in [2.75, 3.05) is 12.3 Å². The Balaban J connectivity index is 1.88. The van der Waals surface area contributed by atoms with Crippen LogP contribution in [0.2, 0.25) is 0 Å². The molecular formula is C15H17N3OS. The van der Waals surface area contributed by atoms with Crippen LogP contribution in [-0.4, -0.2) is 22.3 Å². The molecule has 20 heavy (non-hydrogen) atoms. The predicted molar refractivity (Wildman–Crippen MR) is 80.8 cm³/mol. The summed E-state index contributed by atoms with van der Waals surface area (Å²) >= 11 is 1.28. The van der Waals surface area contributed by atoms with Gasteiger partial charge < -0.3 is 10.6 Å². The number of aromatic nitrogens is 1. The zero-order valence-corrected chi connectivity index (χ0v) is 12.2. The molecule has 0 fully saturated rings. The second kappa shape index (κ2) is 5.25. The number of nitrogen functional groups attached to an aromatic ring is 1. The van der Waals surface area contributed by atoms with Gasteiger partial charge in [-0.05, 0) is 30.9 Å². The molecule has 1 aliphatic heterocycles. The van der Waals surface area contributed by atoms with E-state index in [0.717, 1.165) is 25.1 Å². The van der Waals surface area contributed by atoms with Gasteiger partial charge in [-0.15, -0.1) is 0 Å². The topological polar surface area (TPSA) is 59.2 Å². The zero-order chi connectivity index (χ0) is 14.1. The van der Waals surface area contributed by atoms with Gasteiger partial charge in [0, 0.05) is 13.1 Å². The van der Waals surface area contributed by atoms with Crippen LogP contribution in [-0.2, 0) is 13.0 Å². The molecular weight excluding hydrogens is 270 g/mol. The van der Waals surface area contributed by atoms with Crippen LogP contribution < -0.4 is 5.73 Å². The van der Waals surface area contributed by atoms with Crippen molar-refractivity contribution >= 4 is 22.4 Å². The highest BCUT2D eigenvalue weighted by Gasteiger charge is 2.23. The Morgan fingerprint density at radius 1 is 1.35 bits per heavy atom. The highest BCUT2D eigenvalue weighted by atomic mass is 32.1. The molecule has 0 bridgehead atoms. The predicted octanol–water partition coefficient (Wildman–Crippen LogP) is 2.62. The number of fused-ring (bicyclic) bond motifs is 1. The number of thiazole rings is 1. The molecule has 1 aromatic heterocycles. The van der Waals surface area contributed by atoms with E-state index in [4.69, 9.17) is 5.73 Å². The van der Waals surface area contributed by atoms with Crippen LogP contribution in [0, 0.1) is 6.92 Å². The molecule has 2 N–H and O–H groups in total. The SMILES string of the molecule is Cc1nc(N)sc1C(=O)N1CCCc2ccccc2C1. The first-order valence-corrected chi connectivity index (χ1v) is 7.56. The molecule has 0 saturated carbocycles. The first-order valence-electron chi connectivity index (χ1n) is 6.74. The highest BCUT2D eigenvalue weighted by Crippen LogP contribution is 2.25. The fraction of sp³-hybridized carbons (Fsp3) is 0.333. The quantitative estimate of drug-likeness (QED) is 0.877. The first kappa shape index (κ1) is 13.1. The van der Waals surface area contributed by atoms with Gasteiger partial charge >= 0.3 is 0 Å². The fourth-order valence-corrected chi connectivity index (χ4v) is 3.43. The smallest absolute Gasteiger partial charge is 0.266 e. The van der Waals surface area contributed by atoms with Crippen molar-refractivity contribution in [1.29, 1.82) is 0 Å². The number of nitrogens with two attached hydrogens (primary N) is 1. The molecule has 0 spiro atoms. The minimum atomic E-state index is 0.0494. The number of aryl methyl sites for hydroxylation is 2. The number of hydrogen-bond donors (Lipinski definition) is 1. The number of benzene rings is 1. The summed E-state index contributed by atoms with van der Waals surface area (Å²) in [6, 6.07) is 8.35. The van der Waals surface area contributed by atoms with Gasteiger partial charge in [-0.2, -0.15) is 0 Å². The van der Waals surface area contributed by atoms with Gasteiger partial charge in [-0.25, -0.2) is 4.98 Å². The Labute approximate surface area is 122 Å². The third-order valence-corrected chi connectivity index (χ3v) is 4.62. The number of nitrogens with zero attached hydrogens (tertiary/aromatic N) is 2. The molecule has 0 unspecified atom stereocenters. The van der Waals surface area contributed by atoms with Gasteiger partial charge in [-0.1, -0.05) is 35.6 Å². The van der Waals surface area contributed by atoms with Gasteiger partial charge in [-0.3, -0.25) is 4.79 Å². The number of anilines is 1. The summed E-state index contributed by atoms with van der Waals surface area (Å²) in [4.78, 5) is 19.4. The molecule has 5 heteroatoms. The van der Waals surface area contributed by atoms with E-state index in [1.54, 1.807) is 0 Å². The van der Waals surface area contributed by atoms with Gasteiger partial charge in [0.15, 0.2) is 5.13 Å². The van der Waals surface area contributed by atoms with Gasteiger partial charge in [0.2, 0.25) is 0 Å². The first-order chi connectivity index (χ1) is 9.65.